The first kappa shape index (κ1) is 12.2. The molecule has 0 fully saturated rings. The number of amides is 1. The van der Waals surface area contributed by atoms with Crippen LogP contribution in [0.3, 0.4) is 0 Å². The van der Waals surface area contributed by atoms with E-state index in [-0.39, 0.29) is 12.2 Å². The smallest absolute Gasteiger partial charge is 0.254 e. The Kier molecular flexibility index (Phi) is 4.49. The van der Waals surface area contributed by atoms with Crippen molar-refractivity contribution in [2.45, 2.75) is 6.42 Å². The van der Waals surface area contributed by atoms with Crippen LogP contribution in [-0.4, -0.2) is 24.7 Å². The molecular weight excluding hydrogens is 209 g/mol. The van der Waals surface area contributed by atoms with Crippen molar-refractivity contribution in [2.75, 3.05) is 13.7 Å². The topological polar surface area (TPSA) is 49.3 Å². The second-order valence-electron chi connectivity index (χ2n) is 3.05. The van der Waals surface area contributed by atoms with E-state index < -0.39 is 11.7 Å². The zero-order valence-electron chi connectivity index (χ0n) is 8.88. The molecule has 4 heteroatoms. The minimum atomic E-state index is -0.577. The summed E-state index contributed by atoms with van der Waals surface area (Å²) in [7, 11) is 1.44. The molecule has 1 aromatic carbocycles. The van der Waals surface area contributed by atoms with Crippen molar-refractivity contribution in [3.63, 3.8) is 0 Å². The van der Waals surface area contributed by atoms with Gasteiger partial charge in [-0.3, -0.25) is 4.79 Å². The molecule has 16 heavy (non-hydrogen) atoms. The van der Waals surface area contributed by atoms with Crippen LogP contribution < -0.4 is 5.32 Å². The van der Waals surface area contributed by atoms with Crippen LogP contribution in [0.25, 0.3) is 0 Å². The highest BCUT2D eigenvalue weighted by molar-refractivity contribution is 5.94. The zero-order valence-corrected chi connectivity index (χ0v) is 8.88. The number of benzene rings is 1. The van der Waals surface area contributed by atoms with Crippen molar-refractivity contribution < 1.29 is 14.3 Å². The van der Waals surface area contributed by atoms with Gasteiger partial charge in [0.05, 0.1) is 12.2 Å². The normalized spacial score (nSPS) is 9.19. The first-order valence-corrected chi connectivity index (χ1v) is 4.80. The molecule has 1 aromatic rings. The second-order valence-corrected chi connectivity index (χ2v) is 3.05. The minimum absolute atomic E-state index is 0.0174. The minimum Gasteiger partial charge on any atom is -0.395 e. The molecule has 2 N–H and O–H groups in total. The molecule has 0 unspecified atom stereocenters. The van der Waals surface area contributed by atoms with E-state index in [0.29, 0.717) is 12.0 Å². The molecule has 0 aliphatic heterocycles. The van der Waals surface area contributed by atoms with Crippen LogP contribution in [0.1, 0.15) is 22.3 Å². The summed E-state index contributed by atoms with van der Waals surface area (Å²) in [5.41, 5.74) is 0.520. The summed E-state index contributed by atoms with van der Waals surface area (Å²) >= 11 is 0. The third-order valence-electron chi connectivity index (χ3n) is 1.91. The quantitative estimate of drug-likeness (QED) is 0.729. The van der Waals surface area contributed by atoms with Crippen molar-refractivity contribution in [1.82, 2.24) is 5.32 Å². The lowest BCUT2D eigenvalue weighted by molar-refractivity contribution is 0.0959. The van der Waals surface area contributed by atoms with E-state index in [4.69, 9.17) is 5.11 Å². The molecule has 0 radical (unpaired) electrons. The molecule has 0 aliphatic carbocycles. The molecule has 0 aliphatic rings. The Hall–Kier alpha value is -1.86. The number of carbonyl (C=O) groups excluding carboxylic acids is 1. The Morgan fingerprint density at radius 3 is 2.94 bits per heavy atom. The van der Waals surface area contributed by atoms with Crippen molar-refractivity contribution in [2.24, 2.45) is 0 Å². The molecular formula is C12H12FNO2. The summed E-state index contributed by atoms with van der Waals surface area (Å²) in [5, 5.41) is 10.9. The molecule has 0 saturated carbocycles. The van der Waals surface area contributed by atoms with Crippen LogP contribution in [0.2, 0.25) is 0 Å². The monoisotopic (exact) mass is 221 g/mol. The third-order valence-corrected chi connectivity index (χ3v) is 1.91. The third kappa shape index (κ3) is 3.07. The van der Waals surface area contributed by atoms with Crippen LogP contribution in [0.15, 0.2) is 18.2 Å². The molecule has 84 valence electrons. The molecule has 0 spiro atoms. The number of hydrogen-bond donors (Lipinski definition) is 2. The Labute approximate surface area is 93.3 Å². The van der Waals surface area contributed by atoms with Gasteiger partial charge in [-0.25, -0.2) is 4.39 Å². The van der Waals surface area contributed by atoms with Gasteiger partial charge >= 0.3 is 0 Å². The van der Waals surface area contributed by atoms with Crippen molar-refractivity contribution in [3.05, 3.63) is 35.1 Å². The standard InChI is InChI=1S/C12H12FNO2/c1-14-12(16)10-8-9(4-2-3-7-15)5-6-11(10)13/h5-6,8,15H,3,7H2,1H3,(H,14,16). The molecule has 0 bridgehead atoms. The van der Waals surface area contributed by atoms with E-state index in [9.17, 15) is 9.18 Å². The van der Waals surface area contributed by atoms with Crippen molar-refractivity contribution in [1.29, 1.82) is 0 Å². The predicted octanol–water partition coefficient (Wildman–Crippen LogP) is 0.919. The van der Waals surface area contributed by atoms with Crippen LogP contribution >= 0.6 is 0 Å². The van der Waals surface area contributed by atoms with Gasteiger partial charge in [0.1, 0.15) is 5.82 Å². The number of halogens is 1. The maximum absolute atomic E-state index is 13.2. The highest BCUT2D eigenvalue weighted by Crippen LogP contribution is 2.09. The Bertz CT molecular complexity index is 446. The largest absolute Gasteiger partial charge is 0.395 e. The van der Waals surface area contributed by atoms with Crippen LogP contribution in [-0.2, 0) is 0 Å². The Morgan fingerprint density at radius 2 is 2.31 bits per heavy atom. The average molecular weight is 221 g/mol. The number of nitrogens with one attached hydrogen (secondary N) is 1. The Balaban J connectivity index is 2.99. The molecule has 0 aromatic heterocycles. The summed E-state index contributed by atoms with van der Waals surface area (Å²) in [6.07, 6.45) is 0.354. The van der Waals surface area contributed by atoms with Crippen molar-refractivity contribution in [3.8, 4) is 11.8 Å². The molecule has 1 amide bonds. The summed E-state index contributed by atoms with van der Waals surface area (Å²) in [4.78, 5) is 11.3. The molecule has 1 rings (SSSR count). The van der Waals surface area contributed by atoms with Crippen LogP contribution in [0.5, 0.6) is 0 Å². The van der Waals surface area contributed by atoms with Gasteiger partial charge in [-0.2, -0.15) is 0 Å². The SMILES string of the molecule is CNC(=O)c1cc(C#CCCO)ccc1F. The van der Waals surface area contributed by atoms with Gasteiger partial charge in [0.2, 0.25) is 0 Å². The Morgan fingerprint density at radius 1 is 1.56 bits per heavy atom. The van der Waals surface area contributed by atoms with E-state index in [2.05, 4.69) is 17.2 Å². The van der Waals surface area contributed by atoms with E-state index >= 15 is 0 Å². The zero-order chi connectivity index (χ0) is 12.0. The summed E-state index contributed by atoms with van der Waals surface area (Å²) < 4.78 is 13.2. The number of aliphatic hydroxyl groups excluding tert-OH is 1. The second kappa shape index (κ2) is 5.89. The maximum atomic E-state index is 13.2. The fourth-order valence-corrected chi connectivity index (χ4v) is 1.13. The predicted molar refractivity (Wildman–Crippen MR) is 58.4 cm³/mol. The molecule has 0 atom stereocenters. The fourth-order valence-electron chi connectivity index (χ4n) is 1.13. The number of carbonyl (C=O) groups is 1. The van der Waals surface area contributed by atoms with Gasteiger partial charge in [0, 0.05) is 19.0 Å². The van der Waals surface area contributed by atoms with Gasteiger partial charge in [-0.05, 0) is 18.2 Å². The molecule has 0 heterocycles. The van der Waals surface area contributed by atoms with Gasteiger partial charge in [-0.15, -0.1) is 0 Å². The van der Waals surface area contributed by atoms with Gasteiger partial charge < -0.3 is 10.4 Å². The van der Waals surface area contributed by atoms with Gasteiger partial charge in [0.25, 0.3) is 5.91 Å². The molecule has 0 saturated heterocycles. The maximum Gasteiger partial charge on any atom is 0.254 e. The van der Waals surface area contributed by atoms with Gasteiger partial charge in [-0.1, -0.05) is 11.8 Å². The van der Waals surface area contributed by atoms with Crippen LogP contribution in [0.4, 0.5) is 4.39 Å². The molecule has 3 nitrogen and oxygen atoms in total. The highest BCUT2D eigenvalue weighted by atomic mass is 19.1. The van der Waals surface area contributed by atoms with E-state index in [1.165, 1.54) is 25.2 Å². The number of rotatable bonds is 2. The summed E-state index contributed by atoms with van der Waals surface area (Å²) in [6.45, 7) is -0.0174. The first-order valence-electron chi connectivity index (χ1n) is 4.80. The summed E-state index contributed by atoms with van der Waals surface area (Å²) in [5.74, 6) is 4.38. The lowest BCUT2D eigenvalue weighted by atomic mass is 10.1. The van der Waals surface area contributed by atoms with Gasteiger partial charge in [0.15, 0.2) is 0 Å². The number of aliphatic hydroxyl groups is 1. The van der Waals surface area contributed by atoms with Crippen molar-refractivity contribution >= 4 is 5.91 Å². The van der Waals surface area contributed by atoms with E-state index in [0.717, 1.165) is 0 Å². The number of hydrogen-bond acceptors (Lipinski definition) is 2. The highest BCUT2D eigenvalue weighted by Gasteiger charge is 2.09. The lowest BCUT2D eigenvalue weighted by Gasteiger charge is -2.01. The van der Waals surface area contributed by atoms with E-state index in [1.807, 2.05) is 0 Å². The van der Waals surface area contributed by atoms with E-state index in [1.54, 1.807) is 0 Å². The van der Waals surface area contributed by atoms with Crippen LogP contribution in [0, 0.1) is 17.7 Å². The first-order chi connectivity index (χ1) is 7.69. The lowest BCUT2D eigenvalue weighted by Crippen LogP contribution is -2.19. The fraction of sp³-hybridized carbons (Fsp3) is 0.250. The average Bonchev–Trinajstić information content (AvgIpc) is 2.30. The summed E-state index contributed by atoms with van der Waals surface area (Å²) in [6, 6.07) is 4.08.